The van der Waals surface area contributed by atoms with Gasteiger partial charge >= 0.3 is 0 Å². The Balaban J connectivity index is 1.92. The highest BCUT2D eigenvalue weighted by molar-refractivity contribution is 8.02. The Morgan fingerprint density at radius 3 is 2.84 bits per heavy atom. The highest BCUT2D eigenvalue weighted by Crippen LogP contribution is 2.24. The Hall–Kier alpha value is -2.99. The molecule has 5 nitrogen and oxygen atoms in total. The normalized spacial score (nSPS) is 12.0. The average molecular weight is 353 g/mol. The summed E-state index contributed by atoms with van der Waals surface area (Å²) in [5.74, 6) is 0.249. The van der Waals surface area contributed by atoms with Gasteiger partial charge in [0.25, 0.3) is 5.91 Å². The maximum absolute atomic E-state index is 12.0. The number of thioether (sulfide) groups is 1. The van der Waals surface area contributed by atoms with Crippen molar-refractivity contribution in [2.75, 3.05) is 0 Å². The molecule has 0 aliphatic rings. The number of rotatable bonds is 7. The van der Waals surface area contributed by atoms with Crippen LogP contribution in [0.25, 0.3) is 0 Å². The fourth-order valence-electron chi connectivity index (χ4n) is 1.88. The number of nitrogens with zero attached hydrogens (tertiary/aromatic N) is 1. The number of hydrogen-bond donors (Lipinski definition) is 2. The zero-order valence-electron chi connectivity index (χ0n) is 13.8. The third-order valence-electron chi connectivity index (χ3n) is 3.08. The summed E-state index contributed by atoms with van der Waals surface area (Å²) in [6.07, 6.45) is 8.44. The molecule has 0 fully saturated rings. The second-order valence-corrected chi connectivity index (χ2v) is 6.04. The first-order chi connectivity index (χ1) is 12.1. The Kier molecular flexibility index (Phi) is 6.86. The molecule has 0 aliphatic carbocycles. The maximum Gasteiger partial charge on any atom is 0.271 e. The zero-order valence-corrected chi connectivity index (χ0v) is 14.6. The number of nitrogens with two attached hydrogens (primary N) is 1. The van der Waals surface area contributed by atoms with E-state index >= 15 is 0 Å². The molecule has 0 aliphatic heterocycles. The van der Waals surface area contributed by atoms with Crippen LogP contribution < -0.4 is 11.2 Å². The minimum Gasteiger partial charge on any atom is -0.448 e. The Morgan fingerprint density at radius 1 is 1.28 bits per heavy atom. The number of benzene rings is 1. The van der Waals surface area contributed by atoms with Crippen molar-refractivity contribution in [1.29, 1.82) is 0 Å². The molecule has 1 heterocycles. The van der Waals surface area contributed by atoms with Crippen LogP contribution >= 0.6 is 11.8 Å². The molecule has 1 aromatic carbocycles. The van der Waals surface area contributed by atoms with Gasteiger partial charge in [0.05, 0.1) is 11.2 Å². The van der Waals surface area contributed by atoms with Gasteiger partial charge in [-0.1, -0.05) is 43.0 Å². The summed E-state index contributed by atoms with van der Waals surface area (Å²) < 4.78 is 5.57. The van der Waals surface area contributed by atoms with Gasteiger partial charge in [-0.3, -0.25) is 4.79 Å². The van der Waals surface area contributed by atoms with Crippen molar-refractivity contribution in [2.45, 2.75) is 12.0 Å². The number of hydrazone groups is 1. The van der Waals surface area contributed by atoms with Crippen LogP contribution in [0.5, 0.6) is 0 Å². The molecular formula is C19H19N3O2S. The van der Waals surface area contributed by atoms with Crippen LogP contribution in [0.4, 0.5) is 0 Å². The number of carbonyl (C=O) groups excluding carboxylic acids is 1. The van der Waals surface area contributed by atoms with E-state index in [1.165, 1.54) is 18.0 Å². The molecule has 0 saturated heterocycles. The van der Waals surface area contributed by atoms with E-state index in [9.17, 15) is 4.79 Å². The molecule has 0 bridgehead atoms. The predicted octanol–water partition coefficient (Wildman–Crippen LogP) is 3.99. The van der Waals surface area contributed by atoms with Gasteiger partial charge in [-0.05, 0) is 48.5 Å². The smallest absolute Gasteiger partial charge is 0.271 e. The largest absolute Gasteiger partial charge is 0.448 e. The summed E-state index contributed by atoms with van der Waals surface area (Å²) in [4.78, 5) is 12.0. The van der Waals surface area contributed by atoms with E-state index < -0.39 is 0 Å². The minimum absolute atomic E-state index is 0.267. The SMILES string of the molecule is C=C/C=C\C=C(/N)Sc1ccc(/C=N/NC(=O)c2ccccc2C)o1. The third-order valence-corrected chi connectivity index (χ3v) is 3.87. The average Bonchev–Trinajstić information content (AvgIpc) is 3.02. The van der Waals surface area contributed by atoms with Gasteiger partial charge in [0.15, 0.2) is 5.09 Å². The number of furan rings is 1. The van der Waals surface area contributed by atoms with Gasteiger partial charge in [0.2, 0.25) is 0 Å². The highest BCUT2D eigenvalue weighted by atomic mass is 32.2. The quantitative estimate of drug-likeness (QED) is 0.341. The zero-order chi connectivity index (χ0) is 18.1. The van der Waals surface area contributed by atoms with Gasteiger partial charge in [-0.2, -0.15) is 5.10 Å². The summed E-state index contributed by atoms with van der Waals surface area (Å²) >= 11 is 1.29. The van der Waals surface area contributed by atoms with Gasteiger partial charge < -0.3 is 10.2 Å². The standard InChI is InChI=1S/C19H19N3O2S/c1-3-4-5-10-17(20)25-18-12-11-15(24-18)13-21-22-19(23)16-9-7-6-8-14(16)2/h3-13H,1,20H2,2H3,(H,22,23)/b5-4-,17-10+,21-13+. The molecule has 0 unspecified atom stereocenters. The summed E-state index contributed by atoms with van der Waals surface area (Å²) in [6.45, 7) is 5.45. The van der Waals surface area contributed by atoms with Crippen molar-refractivity contribution in [3.8, 4) is 0 Å². The fraction of sp³-hybridized carbons (Fsp3) is 0.0526. The monoisotopic (exact) mass is 353 g/mol. The van der Waals surface area contributed by atoms with Gasteiger partial charge in [-0.25, -0.2) is 5.43 Å². The lowest BCUT2D eigenvalue weighted by Gasteiger charge is -2.02. The van der Waals surface area contributed by atoms with Gasteiger partial charge in [0.1, 0.15) is 5.76 Å². The van der Waals surface area contributed by atoms with Crippen molar-refractivity contribution < 1.29 is 9.21 Å². The molecule has 3 N–H and O–H groups in total. The summed E-state index contributed by atoms with van der Waals surface area (Å²) in [6, 6.07) is 10.8. The minimum atomic E-state index is -0.267. The van der Waals surface area contributed by atoms with E-state index in [0.29, 0.717) is 21.4 Å². The molecule has 0 radical (unpaired) electrons. The van der Waals surface area contributed by atoms with Crippen molar-refractivity contribution >= 4 is 23.9 Å². The fourth-order valence-corrected chi connectivity index (χ4v) is 2.53. The van der Waals surface area contributed by atoms with E-state index in [1.807, 2.05) is 25.1 Å². The third kappa shape index (κ3) is 5.86. The van der Waals surface area contributed by atoms with E-state index in [1.54, 1.807) is 42.5 Å². The second kappa shape index (κ2) is 9.34. The number of hydrogen-bond acceptors (Lipinski definition) is 5. The molecule has 0 atom stereocenters. The van der Waals surface area contributed by atoms with Crippen molar-refractivity contribution in [3.63, 3.8) is 0 Å². The number of allylic oxidation sites excluding steroid dienone is 4. The lowest BCUT2D eigenvalue weighted by Crippen LogP contribution is -2.18. The number of amides is 1. The number of carbonyl (C=O) groups is 1. The van der Waals surface area contributed by atoms with Crippen molar-refractivity contribution in [2.24, 2.45) is 10.8 Å². The van der Waals surface area contributed by atoms with Crippen LogP contribution in [0, 0.1) is 6.92 Å². The molecular weight excluding hydrogens is 334 g/mol. The predicted molar refractivity (Wildman–Crippen MR) is 102 cm³/mol. The molecule has 0 saturated carbocycles. The Labute approximate surface area is 151 Å². The molecule has 2 rings (SSSR count). The van der Waals surface area contributed by atoms with Crippen LogP contribution in [0.15, 0.2) is 86.9 Å². The van der Waals surface area contributed by atoms with Crippen molar-refractivity contribution in [3.05, 3.63) is 89.2 Å². The van der Waals surface area contributed by atoms with E-state index in [0.717, 1.165) is 5.56 Å². The Bertz CT molecular complexity index is 835. The number of nitrogens with one attached hydrogen (secondary N) is 1. The summed E-state index contributed by atoms with van der Waals surface area (Å²) in [5, 5.41) is 5.14. The van der Waals surface area contributed by atoms with Crippen LogP contribution in [0.2, 0.25) is 0 Å². The van der Waals surface area contributed by atoms with Gasteiger partial charge in [0, 0.05) is 5.56 Å². The number of aryl methyl sites for hydroxylation is 1. The molecule has 1 aromatic heterocycles. The topological polar surface area (TPSA) is 80.6 Å². The molecule has 128 valence electrons. The lowest BCUT2D eigenvalue weighted by molar-refractivity contribution is 0.0954. The first kappa shape index (κ1) is 18.4. The first-order valence-corrected chi connectivity index (χ1v) is 8.33. The Morgan fingerprint density at radius 2 is 2.08 bits per heavy atom. The maximum atomic E-state index is 12.0. The molecule has 2 aromatic rings. The van der Waals surface area contributed by atoms with E-state index in [-0.39, 0.29) is 5.91 Å². The van der Waals surface area contributed by atoms with Crippen LogP contribution in [0.3, 0.4) is 0 Å². The first-order valence-electron chi connectivity index (χ1n) is 7.51. The van der Waals surface area contributed by atoms with Crippen LogP contribution in [0.1, 0.15) is 21.7 Å². The summed E-state index contributed by atoms with van der Waals surface area (Å²) in [5.41, 5.74) is 9.82. The second-order valence-electron chi connectivity index (χ2n) is 4.96. The van der Waals surface area contributed by atoms with E-state index in [4.69, 9.17) is 10.2 Å². The van der Waals surface area contributed by atoms with Crippen LogP contribution in [-0.2, 0) is 0 Å². The van der Waals surface area contributed by atoms with E-state index in [2.05, 4.69) is 17.1 Å². The molecule has 0 spiro atoms. The van der Waals surface area contributed by atoms with Gasteiger partial charge in [-0.15, -0.1) is 0 Å². The van der Waals surface area contributed by atoms with Crippen molar-refractivity contribution in [1.82, 2.24) is 5.43 Å². The van der Waals surface area contributed by atoms with Crippen LogP contribution in [-0.4, -0.2) is 12.1 Å². The lowest BCUT2D eigenvalue weighted by atomic mass is 10.1. The molecule has 25 heavy (non-hydrogen) atoms. The highest BCUT2D eigenvalue weighted by Gasteiger charge is 2.07. The molecule has 1 amide bonds. The summed E-state index contributed by atoms with van der Waals surface area (Å²) in [7, 11) is 0. The molecule has 6 heteroatoms.